The molecule has 1 aliphatic rings. The van der Waals surface area contributed by atoms with Gasteiger partial charge in [0.2, 0.25) is 5.91 Å². The summed E-state index contributed by atoms with van der Waals surface area (Å²) in [7, 11) is 0. The van der Waals surface area contributed by atoms with Crippen LogP contribution in [0.2, 0.25) is 0 Å². The Bertz CT molecular complexity index is 476. The number of carbonyl (C=O) groups is 1. The van der Waals surface area contributed by atoms with Crippen LogP contribution >= 0.6 is 11.8 Å². The Kier molecular flexibility index (Phi) is 5.17. The largest absolute Gasteiger partial charge is 0.486 e. The summed E-state index contributed by atoms with van der Waals surface area (Å²) in [4.78, 5) is 12.8. The molecule has 1 aromatic rings. The molecule has 0 saturated carbocycles. The minimum absolute atomic E-state index is 0.0612. The number of ether oxygens (including phenoxy) is 2. The molecule has 1 aliphatic heterocycles. The van der Waals surface area contributed by atoms with Crippen molar-refractivity contribution < 1.29 is 14.3 Å². The van der Waals surface area contributed by atoms with Gasteiger partial charge in [-0.15, -0.1) is 11.8 Å². The van der Waals surface area contributed by atoms with E-state index in [0.717, 1.165) is 16.4 Å². The van der Waals surface area contributed by atoms with E-state index in [-0.39, 0.29) is 11.9 Å². The van der Waals surface area contributed by atoms with E-state index in [1.807, 2.05) is 25.1 Å². The van der Waals surface area contributed by atoms with Crippen LogP contribution < -0.4 is 14.8 Å². The average molecular weight is 295 g/mol. The van der Waals surface area contributed by atoms with Gasteiger partial charge in [0.05, 0.1) is 5.75 Å². The molecule has 0 unspecified atom stereocenters. The first-order valence-electron chi connectivity index (χ1n) is 6.88. The summed E-state index contributed by atoms with van der Waals surface area (Å²) in [5.74, 6) is 2.46. The van der Waals surface area contributed by atoms with Crippen molar-refractivity contribution in [3.63, 3.8) is 0 Å². The highest BCUT2D eigenvalue weighted by Crippen LogP contribution is 2.34. The number of rotatable bonds is 5. The maximum atomic E-state index is 11.8. The van der Waals surface area contributed by atoms with E-state index in [1.54, 1.807) is 0 Å². The van der Waals surface area contributed by atoms with Crippen molar-refractivity contribution in [3.8, 4) is 11.5 Å². The zero-order chi connectivity index (χ0) is 14.5. The molecule has 0 spiro atoms. The predicted octanol–water partition coefficient (Wildman–Crippen LogP) is 2.71. The van der Waals surface area contributed by atoms with Gasteiger partial charge in [0.15, 0.2) is 11.5 Å². The molecular weight excluding hydrogens is 274 g/mol. The van der Waals surface area contributed by atoms with E-state index in [2.05, 4.69) is 19.2 Å². The monoisotopic (exact) mass is 295 g/mol. The van der Waals surface area contributed by atoms with Crippen molar-refractivity contribution in [2.45, 2.75) is 31.7 Å². The molecule has 2 rings (SSSR count). The number of fused-ring (bicyclic) bond motifs is 1. The lowest BCUT2D eigenvalue weighted by atomic mass is 10.1. The number of nitrogens with one attached hydrogen (secondary N) is 1. The molecule has 0 bridgehead atoms. The molecular formula is C15H21NO3S. The Hall–Kier alpha value is -1.36. The molecule has 4 nitrogen and oxygen atoms in total. The van der Waals surface area contributed by atoms with Gasteiger partial charge in [-0.25, -0.2) is 0 Å². The van der Waals surface area contributed by atoms with Crippen molar-refractivity contribution in [1.82, 2.24) is 5.32 Å². The first-order valence-corrected chi connectivity index (χ1v) is 7.86. The van der Waals surface area contributed by atoms with Crippen molar-refractivity contribution in [1.29, 1.82) is 0 Å². The van der Waals surface area contributed by atoms with Gasteiger partial charge in [-0.05, 0) is 31.0 Å². The van der Waals surface area contributed by atoms with Gasteiger partial charge in [0.25, 0.3) is 0 Å². The molecule has 1 heterocycles. The predicted molar refractivity (Wildman–Crippen MR) is 80.6 cm³/mol. The van der Waals surface area contributed by atoms with Crippen LogP contribution in [0.4, 0.5) is 0 Å². The second-order valence-corrected chi connectivity index (χ2v) is 6.24. The average Bonchev–Trinajstić information content (AvgIpc) is 2.44. The Morgan fingerprint density at radius 1 is 1.25 bits per heavy atom. The molecule has 5 heteroatoms. The quantitative estimate of drug-likeness (QED) is 0.849. The molecule has 110 valence electrons. The van der Waals surface area contributed by atoms with Crippen molar-refractivity contribution in [3.05, 3.63) is 18.2 Å². The van der Waals surface area contributed by atoms with Gasteiger partial charge < -0.3 is 14.8 Å². The van der Waals surface area contributed by atoms with Gasteiger partial charge in [-0.1, -0.05) is 13.8 Å². The van der Waals surface area contributed by atoms with Crippen molar-refractivity contribution >= 4 is 17.7 Å². The third-order valence-corrected chi connectivity index (χ3v) is 4.27. The topological polar surface area (TPSA) is 47.6 Å². The summed E-state index contributed by atoms with van der Waals surface area (Å²) in [6.45, 7) is 7.39. The van der Waals surface area contributed by atoms with Gasteiger partial charge >= 0.3 is 0 Å². The van der Waals surface area contributed by atoms with E-state index in [4.69, 9.17) is 9.47 Å². The summed E-state index contributed by atoms with van der Waals surface area (Å²) in [5, 5.41) is 3.00. The summed E-state index contributed by atoms with van der Waals surface area (Å²) >= 11 is 1.51. The number of benzene rings is 1. The third-order valence-electron chi connectivity index (χ3n) is 3.27. The fourth-order valence-electron chi connectivity index (χ4n) is 1.72. The molecule has 1 atom stereocenters. The highest BCUT2D eigenvalue weighted by atomic mass is 32.2. The van der Waals surface area contributed by atoms with Crippen LogP contribution in [0.5, 0.6) is 11.5 Å². The lowest BCUT2D eigenvalue weighted by molar-refractivity contribution is -0.119. The molecule has 0 radical (unpaired) electrons. The van der Waals surface area contributed by atoms with Gasteiger partial charge in [-0.2, -0.15) is 0 Å². The smallest absolute Gasteiger partial charge is 0.230 e. The fraction of sp³-hybridized carbons (Fsp3) is 0.533. The number of carbonyl (C=O) groups excluding carboxylic acids is 1. The van der Waals surface area contributed by atoms with E-state index >= 15 is 0 Å². The minimum atomic E-state index is 0.0612. The summed E-state index contributed by atoms with van der Waals surface area (Å²) in [6, 6.07) is 5.98. The lowest BCUT2D eigenvalue weighted by Gasteiger charge is -2.19. The second kappa shape index (κ2) is 6.88. The van der Waals surface area contributed by atoms with Crippen molar-refractivity contribution in [2.75, 3.05) is 19.0 Å². The van der Waals surface area contributed by atoms with Crippen LogP contribution in [0.1, 0.15) is 20.8 Å². The zero-order valence-corrected chi connectivity index (χ0v) is 13.0. The summed E-state index contributed by atoms with van der Waals surface area (Å²) < 4.78 is 11.0. The number of amides is 1. The van der Waals surface area contributed by atoms with Crippen LogP contribution in [0.3, 0.4) is 0 Å². The first-order chi connectivity index (χ1) is 9.56. The molecule has 1 amide bonds. The standard InChI is InChI=1S/C15H21NO3S/c1-10(2)11(3)16-15(17)9-20-12-4-5-13-14(8-12)19-7-6-18-13/h4-5,8,10-11H,6-7,9H2,1-3H3,(H,16,17)/t11-/m1/s1. The number of thioether (sulfide) groups is 1. The van der Waals surface area contributed by atoms with E-state index in [1.165, 1.54) is 11.8 Å². The maximum absolute atomic E-state index is 11.8. The zero-order valence-electron chi connectivity index (χ0n) is 12.1. The van der Waals surface area contributed by atoms with E-state index in [0.29, 0.717) is 24.9 Å². The number of hydrogen-bond acceptors (Lipinski definition) is 4. The molecule has 0 aromatic heterocycles. The summed E-state index contributed by atoms with van der Waals surface area (Å²) in [6.07, 6.45) is 0. The molecule has 0 fully saturated rings. The lowest BCUT2D eigenvalue weighted by Crippen LogP contribution is -2.37. The molecule has 1 N–H and O–H groups in total. The Labute approximate surface area is 124 Å². The first kappa shape index (κ1) is 15.0. The van der Waals surface area contributed by atoms with Crippen LogP contribution in [-0.4, -0.2) is 30.9 Å². The van der Waals surface area contributed by atoms with E-state index < -0.39 is 0 Å². The molecule has 0 aliphatic carbocycles. The van der Waals surface area contributed by atoms with E-state index in [9.17, 15) is 4.79 Å². The molecule has 1 aromatic carbocycles. The van der Waals surface area contributed by atoms with Gasteiger partial charge in [-0.3, -0.25) is 4.79 Å². The van der Waals surface area contributed by atoms with Crippen LogP contribution in [0.15, 0.2) is 23.1 Å². The number of hydrogen-bond donors (Lipinski definition) is 1. The van der Waals surface area contributed by atoms with Gasteiger partial charge in [0, 0.05) is 10.9 Å². The Morgan fingerprint density at radius 2 is 1.95 bits per heavy atom. The highest BCUT2D eigenvalue weighted by Gasteiger charge is 2.14. The van der Waals surface area contributed by atoms with Gasteiger partial charge in [0.1, 0.15) is 13.2 Å². The highest BCUT2D eigenvalue weighted by molar-refractivity contribution is 8.00. The Morgan fingerprint density at radius 3 is 2.65 bits per heavy atom. The normalized spacial score (nSPS) is 15.0. The fourth-order valence-corrected chi connectivity index (χ4v) is 2.46. The molecule has 20 heavy (non-hydrogen) atoms. The maximum Gasteiger partial charge on any atom is 0.230 e. The van der Waals surface area contributed by atoms with Crippen LogP contribution in [0, 0.1) is 5.92 Å². The SMILES string of the molecule is CC(C)[C@@H](C)NC(=O)CSc1ccc2c(c1)OCCO2. The van der Waals surface area contributed by atoms with Crippen LogP contribution in [0.25, 0.3) is 0 Å². The Balaban J connectivity index is 1.86. The van der Waals surface area contributed by atoms with Crippen molar-refractivity contribution in [2.24, 2.45) is 5.92 Å². The second-order valence-electron chi connectivity index (χ2n) is 5.19. The summed E-state index contributed by atoms with van der Waals surface area (Å²) in [5.41, 5.74) is 0. The third kappa shape index (κ3) is 4.07. The van der Waals surface area contributed by atoms with Crippen LogP contribution in [-0.2, 0) is 4.79 Å². The minimum Gasteiger partial charge on any atom is -0.486 e. The molecule has 0 saturated heterocycles.